The summed E-state index contributed by atoms with van der Waals surface area (Å²) in [6.07, 6.45) is 2.41. The number of ether oxygens (including phenoxy) is 1. The van der Waals surface area contributed by atoms with Gasteiger partial charge in [-0.05, 0) is 26.9 Å². The van der Waals surface area contributed by atoms with Crippen LogP contribution in [0.5, 0.6) is 0 Å². The first kappa shape index (κ1) is 20.0. The van der Waals surface area contributed by atoms with E-state index in [1.165, 1.54) is 0 Å². The van der Waals surface area contributed by atoms with Crippen LogP contribution in [0.1, 0.15) is 25.0 Å². The van der Waals surface area contributed by atoms with Crippen molar-refractivity contribution in [3.63, 3.8) is 0 Å². The number of likely N-dealkylation sites (N-methyl/N-ethyl adjacent to an activating group) is 1. The number of hydrogen-bond acceptors (Lipinski definition) is 6. The number of hydrogen-bond donors (Lipinski definition) is 0. The van der Waals surface area contributed by atoms with Gasteiger partial charge in [0.1, 0.15) is 11.1 Å². The van der Waals surface area contributed by atoms with Crippen molar-refractivity contribution in [2.45, 2.75) is 31.8 Å². The maximum atomic E-state index is 12.8. The minimum atomic E-state index is -0.404. The summed E-state index contributed by atoms with van der Waals surface area (Å²) in [4.78, 5) is 33.8. The van der Waals surface area contributed by atoms with Crippen molar-refractivity contribution >= 4 is 23.2 Å². The molecule has 0 bridgehead atoms. The number of cyclic esters (lactones) is 1. The molecule has 0 radical (unpaired) electrons. The van der Waals surface area contributed by atoms with Crippen molar-refractivity contribution in [3.8, 4) is 10.6 Å². The maximum Gasteiger partial charge on any atom is 0.312 e. The minimum Gasteiger partial charge on any atom is -0.461 e. The van der Waals surface area contributed by atoms with Crippen LogP contribution in [0.2, 0.25) is 0 Å². The molecule has 7 heteroatoms. The lowest BCUT2D eigenvalue weighted by molar-refractivity contribution is -0.152. The van der Waals surface area contributed by atoms with Crippen LogP contribution in [-0.4, -0.2) is 66.5 Å². The molecule has 0 saturated carbocycles. The molecule has 1 unspecified atom stereocenters. The van der Waals surface area contributed by atoms with Crippen LogP contribution in [0, 0.1) is 5.41 Å². The number of esters is 1. The van der Waals surface area contributed by atoms with Crippen LogP contribution >= 0.6 is 11.3 Å². The van der Waals surface area contributed by atoms with Crippen molar-refractivity contribution in [1.82, 2.24) is 14.8 Å². The molecular formula is C22H27N3O3S. The molecule has 29 heavy (non-hydrogen) atoms. The first-order valence-corrected chi connectivity index (χ1v) is 11.0. The van der Waals surface area contributed by atoms with Crippen LogP contribution in [0.4, 0.5) is 0 Å². The van der Waals surface area contributed by atoms with Gasteiger partial charge in [-0.1, -0.05) is 30.3 Å². The largest absolute Gasteiger partial charge is 0.461 e. The van der Waals surface area contributed by atoms with E-state index in [0.717, 1.165) is 29.2 Å². The number of amides is 1. The summed E-state index contributed by atoms with van der Waals surface area (Å²) >= 11 is 1.56. The van der Waals surface area contributed by atoms with E-state index in [0.29, 0.717) is 32.4 Å². The lowest BCUT2D eigenvalue weighted by atomic mass is 9.76. The molecule has 2 aliphatic rings. The fraction of sp³-hybridized carbons (Fsp3) is 0.500. The fourth-order valence-electron chi connectivity index (χ4n) is 4.31. The van der Waals surface area contributed by atoms with Gasteiger partial charge >= 0.3 is 5.97 Å². The summed E-state index contributed by atoms with van der Waals surface area (Å²) in [6.45, 7) is 1.97. The average molecular weight is 414 g/mol. The molecule has 4 rings (SSSR count). The second kappa shape index (κ2) is 8.24. The molecule has 1 aromatic heterocycles. The van der Waals surface area contributed by atoms with E-state index in [9.17, 15) is 9.59 Å². The van der Waals surface area contributed by atoms with E-state index < -0.39 is 5.41 Å². The number of aromatic nitrogens is 1. The topological polar surface area (TPSA) is 62.7 Å². The molecule has 3 heterocycles. The van der Waals surface area contributed by atoms with Crippen LogP contribution in [0.25, 0.3) is 10.6 Å². The quantitative estimate of drug-likeness (QED) is 0.706. The van der Waals surface area contributed by atoms with Gasteiger partial charge in [-0.2, -0.15) is 0 Å². The molecule has 2 fully saturated rings. The minimum absolute atomic E-state index is 0.0360. The Bertz CT molecular complexity index is 872. The molecule has 154 valence electrons. The molecule has 1 aromatic carbocycles. The highest BCUT2D eigenvalue weighted by atomic mass is 32.1. The monoisotopic (exact) mass is 413 g/mol. The van der Waals surface area contributed by atoms with E-state index >= 15 is 0 Å². The van der Waals surface area contributed by atoms with E-state index in [1.54, 1.807) is 11.3 Å². The van der Waals surface area contributed by atoms with E-state index in [2.05, 4.69) is 4.98 Å². The number of likely N-dealkylation sites (tertiary alicyclic amines) is 1. The van der Waals surface area contributed by atoms with Gasteiger partial charge in [0.2, 0.25) is 5.91 Å². The highest BCUT2D eigenvalue weighted by molar-refractivity contribution is 7.13. The number of piperidine rings is 1. The first-order valence-electron chi connectivity index (χ1n) is 10.1. The molecule has 0 aliphatic carbocycles. The average Bonchev–Trinajstić information content (AvgIpc) is 3.27. The predicted molar refractivity (Wildman–Crippen MR) is 113 cm³/mol. The molecule has 1 amide bonds. The summed E-state index contributed by atoms with van der Waals surface area (Å²) in [5, 5.41) is 2.90. The van der Waals surface area contributed by atoms with Gasteiger partial charge in [0.05, 0.1) is 17.5 Å². The van der Waals surface area contributed by atoms with Crippen molar-refractivity contribution < 1.29 is 14.3 Å². The molecular weight excluding hydrogens is 386 g/mol. The normalized spacial score (nSPS) is 21.0. The first-order chi connectivity index (χ1) is 13.9. The Morgan fingerprint density at radius 2 is 2.00 bits per heavy atom. The molecule has 1 atom stereocenters. The second-order valence-electron chi connectivity index (χ2n) is 8.34. The van der Waals surface area contributed by atoms with Crippen molar-refractivity contribution in [1.29, 1.82) is 0 Å². The summed E-state index contributed by atoms with van der Waals surface area (Å²) in [6, 6.07) is 10.0. The third-order valence-corrected chi connectivity index (χ3v) is 6.81. The van der Waals surface area contributed by atoms with Gasteiger partial charge in [-0.25, -0.2) is 4.98 Å². The Balaban J connectivity index is 1.33. The summed E-state index contributed by atoms with van der Waals surface area (Å²) in [5.41, 5.74) is 1.48. The number of nitrogens with zero attached hydrogens (tertiary/aromatic N) is 3. The Morgan fingerprint density at radius 3 is 2.69 bits per heavy atom. The lowest BCUT2D eigenvalue weighted by Gasteiger charge is -2.36. The Labute approximate surface area is 175 Å². The number of rotatable bonds is 5. The molecule has 1 spiro atoms. The Kier molecular flexibility index (Phi) is 5.69. The molecule has 2 saturated heterocycles. The van der Waals surface area contributed by atoms with Gasteiger partial charge in [0.25, 0.3) is 0 Å². The fourth-order valence-corrected chi connectivity index (χ4v) is 5.13. The molecule has 6 nitrogen and oxygen atoms in total. The van der Waals surface area contributed by atoms with Crippen LogP contribution in [0.15, 0.2) is 35.7 Å². The Hall–Kier alpha value is -2.25. The van der Waals surface area contributed by atoms with E-state index in [1.807, 2.05) is 59.6 Å². The van der Waals surface area contributed by atoms with Crippen LogP contribution in [0.3, 0.4) is 0 Å². The summed E-state index contributed by atoms with van der Waals surface area (Å²) in [7, 11) is 3.98. The summed E-state index contributed by atoms with van der Waals surface area (Å²) < 4.78 is 5.61. The summed E-state index contributed by atoms with van der Waals surface area (Å²) in [5.74, 6) is 0.00409. The second-order valence-corrected chi connectivity index (χ2v) is 9.20. The third kappa shape index (κ3) is 4.36. The van der Waals surface area contributed by atoms with Crippen molar-refractivity contribution in [2.75, 3.05) is 33.7 Å². The molecule has 0 N–H and O–H groups in total. The molecule has 2 aliphatic heterocycles. The van der Waals surface area contributed by atoms with Gasteiger partial charge in [0, 0.05) is 37.0 Å². The number of carbonyl (C=O) groups excluding carboxylic acids is 2. The number of benzene rings is 1. The van der Waals surface area contributed by atoms with Crippen LogP contribution in [-0.2, 0) is 20.7 Å². The SMILES string of the molecule is CN(C)CC1CC2(CCN(C(=O)Cc3csc(-c4ccccc4)n3)CC2)C(=O)O1. The predicted octanol–water partition coefficient (Wildman–Crippen LogP) is 2.84. The smallest absolute Gasteiger partial charge is 0.312 e. The highest BCUT2D eigenvalue weighted by Gasteiger charge is 2.50. The zero-order valence-electron chi connectivity index (χ0n) is 17.0. The van der Waals surface area contributed by atoms with Gasteiger partial charge in [-0.3, -0.25) is 9.59 Å². The molecule has 2 aromatic rings. The number of carbonyl (C=O) groups is 2. The lowest BCUT2D eigenvalue weighted by Crippen LogP contribution is -2.45. The van der Waals surface area contributed by atoms with E-state index in [-0.39, 0.29) is 18.0 Å². The number of thiazole rings is 1. The standard InChI is InChI=1S/C22H27N3O3S/c1-24(2)14-18-13-22(21(27)28-18)8-10-25(11-9-22)19(26)12-17-15-29-20(23-17)16-6-4-3-5-7-16/h3-7,15,18H,8-14H2,1-2H3. The van der Waals surface area contributed by atoms with Gasteiger partial charge < -0.3 is 14.5 Å². The Morgan fingerprint density at radius 1 is 1.28 bits per heavy atom. The zero-order chi connectivity index (χ0) is 20.4. The van der Waals surface area contributed by atoms with Crippen molar-refractivity contribution in [2.24, 2.45) is 5.41 Å². The van der Waals surface area contributed by atoms with E-state index in [4.69, 9.17) is 4.74 Å². The third-order valence-electron chi connectivity index (χ3n) is 5.87. The van der Waals surface area contributed by atoms with Crippen LogP contribution < -0.4 is 0 Å². The zero-order valence-corrected chi connectivity index (χ0v) is 17.8. The highest BCUT2D eigenvalue weighted by Crippen LogP contribution is 2.43. The maximum absolute atomic E-state index is 12.8. The van der Waals surface area contributed by atoms with Gasteiger partial charge in [-0.15, -0.1) is 11.3 Å². The van der Waals surface area contributed by atoms with Crippen molar-refractivity contribution in [3.05, 3.63) is 41.4 Å². The van der Waals surface area contributed by atoms with Gasteiger partial charge in [0.15, 0.2) is 0 Å².